The number of thiazole rings is 1. The molecule has 2 aromatic rings. The number of aliphatic imine (C=N–C) groups is 1. The topological polar surface area (TPSA) is 52.6 Å². The molecule has 1 aromatic heterocycles. The highest BCUT2D eigenvalue weighted by molar-refractivity contribution is 7.13. The second kappa shape index (κ2) is 8.68. The van der Waals surface area contributed by atoms with Crippen molar-refractivity contribution in [3.63, 3.8) is 0 Å². The van der Waals surface area contributed by atoms with E-state index in [9.17, 15) is 0 Å². The summed E-state index contributed by atoms with van der Waals surface area (Å²) in [5.74, 6) is 0.779. The largest absolute Gasteiger partial charge is 0.354 e. The number of guanidine groups is 1. The summed E-state index contributed by atoms with van der Waals surface area (Å²) in [7, 11) is 5.79. The van der Waals surface area contributed by atoms with Crippen LogP contribution >= 0.6 is 11.3 Å². The lowest BCUT2D eigenvalue weighted by Gasteiger charge is -2.18. The first-order valence-electron chi connectivity index (χ1n) is 8.21. The van der Waals surface area contributed by atoms with Crippen molar-refractivity contribution in [1.82, 2.24) is 15.6 Å². The molecule has 1 aromatic carbocycles. The average molecular weight is 346 g/mol. The van der Waals surface area contributed by atoms with Crippen molar-refractivity contribution >= 4 is 22.4 Å². The Labute approximate surface area is 148 Å². The molecule has 1 heterocycles. The fourth-order valence-corrected chi connectivity index (χ4v) is 3.04. The van der Waals surface area contributed by atoms with Gasteiger partial charge >= 0.3 is 0 Å². The molecule has 0 bridgehead atoms. The fraction of sp³-hybridized carbons (Fsp3) is 0.444. The number of anilines is 1. The monoisotopic (exact) mass is 345 g/mol. The maximum absolute atomic E-state index is 4.57. The standard InChI is InChI=1S/C18H27N5S/c1-6-14-7-9-15(10-8-14)13(2)21-17(19-3)20-11-16-12-24-18(22-16)23(4)5/h7-10,12-13H,6,11H2,1-5H3,(H2,19,20,21). The van der Waals surface area contributed by atoms with Crippen LogP contribution in [0.1, 0.15) is 36.7 Å². The SMILES string of the molecule is CCc1ccc(C(C)NC(=NC)NCc2csc(N(C)C)n2)cc1. The van der Waals surface area contributed by atoms with Gasteiger partial charge in [0.15, 0.2) is 11.1 Å². The summed E-state index contributed by atoms with van der Waals surface area (Å²) < 4.78 is 0. The molecular weight excluding hydrogens is 318 g/mol. The lowest BCUT2D eigenvalue weighted by atomic mass is 10.1. The first kappa shape index (κ1) is 18.3. The highest BCUT2D eigenvalue weighted by Gasteiger charge is 2.09. The van der Waals surface area contributed by atoms with E-state index in [4.69, 9.17) is 0 Å². The second-order valence-electron chi connectivity index (χ2n) is 5.90. The Balaban J connectivity index is 1.90. The number of hydrogen-bond donors (Lipinski definition) is 2. The molecule has 0 spiro atoms. The lowest BCUT2D eigenvalue weighted by Crippen LogP contribution is -2.38. The molecule has 0 amide bonds. The highest BCUT2D eigenvalue weighted by Crippen LogP contribution is 2.18. The predicted molar refractivity (Wildman–Crippen MR) is 104 cm³/mol. The van der Waals surface area contributed by atoms with Crippen LogP contribution in [-0.2, 0) is 13.0 Å². The molecule has 0 aliphatic rings. The minimum atomic E-state index is 0.190. The maximum Gasteiger partial charge on any atom is 0.191 e. The average Bonchev–Trinajstić information content (AvgIpc) is 3.07. The van der Waals surface area contributed by atoms with E-state index in [1.165, 1.54) is 11.1 Å². The van der Waals surface area contributed by atoms with E-state index in [1.807, 2.05) is 19.0 Å². The van der Waals surface area contributed by atoms with Crippen molar-refractivity contribution in [2.24, 2.45) is 4.99 Å². The fourth-order valence-electron chi connectivity index (χ4n) is 2.28. The van der Waals surface area contributed by atoms with Gasteiger partial charge in [0.2, 0.25) is 0 Å². The molecule has 0 radical (unpaired) electrons. The Morgan fingerprint density at radius 1 is 1.29 bits per heavy atom. The van der Waals surface area contributed by atoms with Gasteiger partial charge < -0.3 is 15.5 Å². The summed E-state index contributed by atoms with van der Waals surface area (Å²) in [5.41, 5.74) is 3.62. The van der Waals surface area contributed by atoms with Crippen LogP contribution in [0.3, 0.4) is 0 Å². The van der Waals surface area contributed by atoms with E-state index in [2.05, 4.69) is 64.1 Å². The molecule has 0 aliphatic carbocycles. The van der Waals surface area contributed by atoms with Crippen molar-refractivity contribution in [2.45, 2.75) is 32.9 Å². The van der Waals surface area contributed by atoms with Crippen molar-refractivity contribution in [2.75, 3.05) is 26.0 Å². The number of nitrogens with one attached hydrogen (secondary N) is 2. The predicted octanol–water partition coefficient (Wildman–Crippen LogP) is 3.20. The van der Waals surface area contributed by atoms with Crippen LogP contribution in [0.4, 0.5) is 5.13 Å². The molecule has 2 rings (SSSR count). The quantitative estimate of drug-likeness (QED) is 0.624. The second-order valence-corrected chi connectivity index (χ2v) is 6.74. The zero-order valence-electron chi connectivity index (χ0n) is 15.1. The Bertz CT molecular complexity index is 660. The molecule has 1 unspecified atom stereocenters. The van der Waals surface area contributed by atoms with E-state index in [0.717, 1.165) is 23.2 Å². The van der Waals surface area contributed by atoms with Gasteiger partial charge in [0, 0.05) is 26.5 Å². The zero-order valence-corrected chi connectivity index (χ0v) is 15.9. The third kappa shape index (κ3) is 4.96. The van der Waals surface area contributed by atoms with Crippen molar-refractivity contribution in [1.29, 1.82) is 0 Å². The van der Waals surface area contributed by atoms with Crippen LogP contribution in [0.5, 0.6) is 0 Å². The van der Waals surface area contributed by atoms with E-state index in [-0.39, 0.29) is 6.04 Å². The van der Waals surface area contributed by atoms with Gasteiger partial charge in [-0.2, -0.15) is 0 Å². The third-order valence-corrected chi connectivity index (χ3v) is 4.88. The van der Waals surface area contributed by atoms with E-state index in [1.54, 1.807) is 18.4 Å². The minimum Gasteiger partial charge on any atom is -0.354 e. The summed E-state index contributed by atoms with van der Waals surface area (Å²) >= 11 is 1.65. The molecule has 1 atom stereocenters. The number of benzene rings is 1. The Morgan fingerprint density at radius 3 is 2.54 bits per heavy atom. The number of aromatic nitrogens is 1. The highest BCUT2D eigenvalue weighted by atomic mass is 32.1. The van der Waals surface area contributed by atoms with Gasteiger partial charge in [-0.1, -0.05) is 31.2 Å². The lowest BCUT2D eigenvalue weighted by molar-refractivity contribution is 0.683. The number of nitrogens with zero attached hydrogens (tertiary/aromatic N) is 3. The Morgan fingerprint density at radius 2 is 2.00 bits per heavy atom. The number of aryl methyl sites for hydroxylation is 1. The molecule has 24 heavy (non-hydrogen) atoms. The van der Waals surface area contributed by atoms with E-state index in [0.29, 0.717) is 6.54 Å². The van der Waals surface area contributed by atoms with Crippen LogP contribution in [0.15, 0.2) is 34.6 Å². The molecule has 0 saturated carbocycles. The molecule has 130 valence electrons. The molecule has 0 fully saturated rings. The van der Waals surface area contributed by atoms with Crippen LogP contribution < -0.4 is 15.5 Å². The van der Waals surface area contributed by atoms with Crippen molar-refractivity contribution < 1.29 is 0 Å². The Hall–Kier alpha value is -2.08. The van der Waals surface area contributed by atoms with Crippen molar-refractivity contribution in [3.8, 4) is 0 Å². The third-order valence-electron chi connectivity index (χ3n) is 3.82. The normalized spacial score (nSPS) is 12.8. The molecule has 0 aliphatic heterocycles. The summed E-state index contributed by atoms with van der Waals surface area (Å²) in [6.07, 6.45) is 1.06. The molecule has 5 nitrogen and oxygen atoms in total. The maximum atomic E-state index is 4.57. The summed E-state index contributed by atoms with van der Waals surface area (Å²) in [4.78, 5) is 10.9. The van der Waals surface area contributed by atoms with Crippen LogP contribution in [-0.4, -0.2) is 32.1 Å². The first-order chi connectivity index (χ1) is 11.5. The van der Waals surface area contributed by atoms with Gasteiger partial charge in [-0.05, 0) is 24.5 Å². The summed E-state index contributed by atoms with van der Waals surface area (Å²) in [6, 6.07) is 8.90. The zero-order chi connectivity index (χ0) is 17.5. The molecule has 6 heteroatoms. The molecule has 0 saturated heterocycles. The van der Waals surface area contributed by atoms with Crippen LogP contribution in [0.25, 0.3) is 0 Å². The van der Waals surface area contributed by atoms with Gasteiger partial charge in [0.1, 0.15) is 0 Å². The minimum absolute atomic E-state index is 0.190. The van der Waals surface area contributed by atoms with Gasteiger partial charge in [0.25, 0.3) is 0 Å². The van der Waals surface area contributed by atoms with Crippen molar-refractivity contribution in [3.05, 3.63) is 46.5 Å². The number of rotatable bonds is 6. The molecule has 2 N–H and O–H groups in total. The summed E-state index contributed by atoms with van der Waals surface area (Å²) in [5, 5.41) is 9.84. The van der Waals surface area contributed by atoms with E-state index < -0.39 is 0 Å². The smallest absolute Gasteiger partial charge is 0.191 e. The number of hydrogen-bond acceptors (Lipinski definition) is 4. The first-order valence-corrected chi connectivity index (χ1v) is 9.09. The van der Waals surface area contributed by atoms with Gasteiger partial charge in [-0.25, -0.2) is 4.98 Å². The van der Waals surface area contributed by atoms with Crippen LogP contribution in [0, 0.1) is 0 Å². The van der Waals surface area contributed by atoms with Crippen LogP contribution in [0.2, 0.25) is 0 Å². The summed E-state index contributed by atoms with van der Waals surface area (Å²) in [6.45, 7) is 4.97. The van der Waals surface area contributed by atoms with E-state index >= 15 is 0 Å². The van der Waals surface area contributed by atoms with Gasteiger partial charge in [-0.3, -0.25) is 4.99 Å². The molecular formula is C18H27N5S. The van der Waals surface area contributed by atoms with Gasteiger partial charge in [-0.15, -0.1) is 11.3 Å². The Kier molecular flexibility index (Phi) is 6.61. The van der Waals surface area contributed by atoms with Gasteiger partial charge in [0.05, 0.1) is 18.3 Å².